The first-order chi connectivity index (χ1) is 11.1. The Morgan fingerprint density at radius 3 is 2.50 bits per heavy atom. The Morgan fingerprint density at radius 2 is 1.96 bits per heavy atom. The average Bonchev–Trinajstić information content (AvgIpc) is 2.98. The molecule has 0 aliphatic carbocycles. The van der Waals surface area contributed by atoms with Crippen LogP contribution in [-0.2, 0) is 10.2 Å². The first-order valence-corrected chi connectivity index (χ1v) is 7.55. The first kappa shape index (κ1) is 16.8. The van der Waals surface area contributed by atoms with Crippen molar-refractivity contribution >= 4 is 17.1 Å². The van der Waals surface area contributed by atoms with Gasteiger partial charge in [-0.25, -0.2) is 4.98 Å². The summed E-state index contributed by atoms with van der Waals surface area (Å²) in [5, 5.41) is 29.6. The molecule has 10 nitrogen and oxygen atoms in total. The zero-order chi connectivity index (χ0) is 17.8. The molecule has 0 radical (unpaired) electrons. The van der Waals surface area contributed by atoms with E-state index in [2.05, 4.69) is 15.0 Å². The van der Waals surface area contributed by atoms with Crippen LogP contribution < -0.4 is 11.3 Å². The summed E-state index contributed by atoms with van der Waals surface area (Å²) in [5.41, 5.74) is 4.82. The van der Waals surface area contributed by atoms with Crippen LogP contribution in [0.25, 0.3) is 11.2 Å². The molecule has 2 aromatic heterocycles. The number of nitrogens with zero attached hydrogens (tertiary/aromatic N) is 3. The Balaban J connectivity index is 2.28. The van der Waals surface area contributed by atoms with E-state index in [4.69, 9.17) is 10.5 Å². The molecule has 1 saturated heterocycles. The minimum atomic E-state index is -1.32. The number of aromatic nitrogens is 4. The van der Waals surface area contributed by atoms with Crippen molar-refractivity contribution in [1.82, 2.24) is 19.5 Å². The van der Waals surface area contributed by atoms with E-state index in [0.717, 1.165) is 0 Å². The van der Waals surface area contributed by atoms with Gasteiger partial charge in [0.1, 0.15) is 24.1 Å². The molecule has 10 heteroatoms. The molecule has 3 rings (SSSR count). The van der Waals surface area contributed by atoms with Crippen LogP contribution >= 0.6 is 0 Å². The third-order valence-electron chi connectivity index (χ3n) is 4.01. The molecule has 0 amide bonds. The summed E-state index contributed by atoms with van der Waals surface area (Å²) in [4.78, 5) is 23.0. The fourth-order valence-corrected chi connectivity index (χ4v) is 2.86. The summed E-state index contributed by atoms with van der Waals surface area (Å²) in [7, 11) is 0. The van der Waals surface area contributed by atoms with Crippen molar-refractivity contribution in [3.8, 4) is 0 Å². The van der Waals surface area contributed by atoms with E-state index in [1.165, 1.54) is 4.57 Å². The standard InChI is InChI=1S/C14H21N5O5/c1-14(2,3)12-16-6-9(17-13(15)18-10(6)23)19(12)11-8(22)7(21)5(4-20)24-11/h5,7-8,11,20-22H,4H2,1-3H3,(H3,15,17,18,23)/t5-,7-,8-,11-/m1/s1. The number of imidazole rings is 1. The van der Waals surface area contributed by atoms with Gasteiger partial charge in [-0.3, -0.25) is 14.3 Å². The number of aliphatic hydroxyl groups is 3. The van der Waals surface area contributed by atoms with Crippen LogP contribution in [0.1, 0.15) is 32.8 Å². The van der Waals surface area contributed by atoms with Gasteiger partial charge in [0.05, 0.1) is 6.61 Å². The lowest BCUT2D eigenvalue weighted by Gasteiger charge is -2.25. The normalized spacial score (nSPS) is 27.9. The molecular formula is C14H21N5O5. The van der Waals surface area contributed by atoms with Crippen LogP contribution in [0.15, 0.2) is 4.79 Å². The van der Waals surface area contributed by atoms with Gasteiger partial charge in [0.25, 0.3) is 5.56 Å². The molecule has 0 saturated carbocycles. The van der Waals surface area contributed by atoms with Crippen LogP contribution in [0.4, 0.5) is 5.95 Å². The molecule has 1 aliphatic heterocycles. The van der Waals surface area contributed by atoms with Gasteiger partial charge in [-0.2, -0.15) is 4.98 Å². The number of ether oxygens (including phenoxy) is 1. The van der Waals surface area contributed by atoms with E-state index in [1.54, 1.807) is 0 Å². The van der Waals surface area contributed by atoms with Gasteiger partial charge in [0.2, 0.25) is 5.95 Å². The minimum absolute atomic E-state index is 0.0619. The molecule has 4 atom stereocenters. The fraction of sp³-hybridized carbons (Fsp3) is 0.643. The molecular weight excluding hydrogens is 318 g/mol. The summed E-state index contributed by atoms with van der Waals surface area (Å²) in [6.07, 6.45) is -4.59. The van der Waals surface area contributed by atoms with Crippen LogP contribution in [0, 0.1) is 0 Å². The molecule has 0 spiro atoms. The van der Waals surface area contributed by atoms with E-state index < -0.39 is 42.1 Å². The SMILES string of the molecule is CC(C)(C)c1nc2c(=O)[nH]c(N)nc2n1[C@@H]1O[C@H](CO)[C@@H](O)[C@H]1O. The van der Waals surface area contributed by atoms with Crippen molar-refractivity contribution in [1.29, 1.82) is 0 Å². The number of fused-ring (bicyclic) bond motifs is 1. The highest BCUT2D eigenvalue weighted by molar-refractivity contribution is 5.72. The summed E-state index contributed by atoms with van der Waals surface area (Å²) in [6.45, 7) is 5.18. The van der Waals surface area contributed by atoms with E-state index in [1.807, 2.05) is 20.8 Å². The fourth-order valence-electron chi connectivity index (χ4n) is 2.86. The maximum atomic E-state index is 12.1. The molecule has 24 heavy (non-hydrogen) atoms. The quantitative estimate of drug-likeness (QED) is 0.447. The summed E-state index contributed by atoms with van der Waals surface area (Å²) >= 11 is 0. The first-order valence-electron chi connectivity index (χ1n) is 7.55. The van der Waals surface area contributed by atoms with E-state index in [-0.39, 0.29) is 17.1 Å². The van der Waals surface area contributed by atoms with E-state index >= 15 is 0 Å². The second-order valence-corrected chi connectivity index (χ2v) is 6.91. The zero-order valence-corrected chi connectivity index (χ0v) is 13.6. The largest absolute Gasteiger partial charge is 0.394 e. The summed E-state index contributed by atoms with van der Waals surface area (Å²) in [6, 6.07) is 0. The number of anilines is 1. The second-order valence-electron chi connectivity index (χ2n) is 6.91. The third kappa shape index (κ3) is 2.47. The Bertz CT molecular complexity index is 823. The second kappa shape index (κ2) is 5.52. The number of hydrogen-bond acceptors (Lipinski definition) is 8. The molecule has 2 aromatic rings. The van der Waals surface area contributed by atoms with Crippen molar-refractivity contribution in [2.75, 3.05) is 12.3 Å². The molecule has 132 valence electrons. The number of nitrogens with one attached hydrogen (secondary N) is 1. The van der Waals surface area contributed by atoms with Crippen molar-refractivity contribution < 1.29 is 20.1 Å². The van der Waals surface area contributed by atoms with Crippen LogP contribution in [0.2, 0.25) is 0 Å². The molecule has 0 bridgehead atoms. The van der Waals surface area contributed by atoms with Crippen molar-refractivity contribution in [3.05, 3.63) is 16.2 Å². The Labute approximate surface area is 136 Å². The maximum absolute atomic E-state index is 12.1. The maximum Gasteiger partial charge on any atom is 0.280 e. The average molecular weight is 339 g/mol. The van der Waals surface area contributed by atoms with E-state index in [0.29, 0.717) is 5.82 Å². The number of hydrogen-bond donors (Lipinski definition) is 5. The summed E-state index contributed by atoms with van der Waals surface area (Å²) in [5.74, 6) is 0.344. The van der Waals surface area contributed by atoms with Crippen molar-refractivity contribution in [3.63, 3.8) is 0 Å². The molecule has 1 aliphatic rings. The van der Waals surface area contributed by atoms with Gasteiger partial charge in [-0.15, -0.1) is 0 Å². The lowest BCUT2D eigenvalue weighted by molar-refractivity contribution is -0.0531. The predicted octanol–water partition coefficient (Wildman–Crippen LogP) is -1.39. The van der Waals surface area contributed by atoms with Gasteiger partial charge >= 0.3 is 0 Å². The van der Waals surface area contributed by atoms with Gasteiger partial charge in [-0.1, -0.05) is 20.8 Å². The molecule has 0 aromatic carbocycles. The lowest BCUT2D eigenvalue weighted by atomic mass is 9.95. The van der Waals surface area contributed by atoms with Gasteiger partial charge in [0, 0.05) is 5.41 Å². The highest BCUT2D eigenvalue weighted by Crippen LogP contribution is 2.35. The van der Waals surface area contributed by atoms with Crippen molar-refractivity contribution in [2.45, 2.75) is 50.7 Å². The number of rotatable bonds is 2. The zero-order valence-electron chi connectivity index (χ0n) is 13.6. The molecule has 3 heterocycles. The smallest absolute Gasteiger partial charge is 0.280 e. The topological polar surface area (TPSA) is 160 Å². The number of aromatic amines is 1. The van der Waals surface area contributed by atoms with Gasteiger partial charge in [-0.05, 0) is 0 Å². The minimum Gasteiger partial charge on any atom is -0.394 e. The Kier molecular flexibility index (Phi) is 3.87. The van der Waals surface area contributed by atoms with Crippen LogP contribution in [0.3, 0.4) is 0 Å². The lowest BCUT2D eigenvalue weighted by Crippen LogP contribution is -2.34. The Hall–Kier alpha value is -2.01. The van der Waals surface area contributed by atoms with Crippen molar-refractivity contribution in [2.24, 2.45) is 0 Å². The van der Waals surface area contributed by atoms with Gasteiger partial charge < -0.3 is 25.8 Å². The predicted molar refractivity (Wildman–Crippen MR) is 84.3 cm³/mol. The third-order valence-corrected chi connectivity index (χ3v) is 4.01. The van der Waals surface area contributed by atoms with Gasteiger partial charge in [0.15, 0.2) is 17.4 Å². The Morgan fingerprint density at radius 1 is 1.29 bits per heavy atom. The summed E-state index contributed by atoms with van der Waals surface area (Å²) < 4.78 is 7.05. The molecule has 0 unspecified atom stereocenters. The number of aliphatic hydroxyl groups excluding tert-OH is 3. The monoisotopic (exact) mass is 339 g/mol. The number of nitrogens with two attached hydrogens (primary N) is 1. The highest BCUT2D eigenvalue weighted by atomic mass is 16.6. The molecule has 6 N–H and O–H groups in total. The molecule has 1 fully saturated rings. The van der Waals surface area contributed by atoms with Crippen LogP contribution in [0.5, 0.6) is 0 Å². The van der Waals surface area contributed by atoms with E-state index in [9.17, 15) is 20.1 Å². The number of nitrogen functional groups attached to an aromatic ring is 1. The highest BCUT2D eigenvalue weighted by Gasteiger charge is 2.45. The van der Waals surface area contributed by atoms with Crippen LogP contribution in [-0.4, -0.2) is 59.8 Å². The number of H-pyrrole nitrogens is 1.